The Morgan fingerprint density at radius 1 is 1.47 bits per heavy atom. The largest absolute Gasteiger partial charge is 0.496 e. The Morgan fingerprint density at radius 3 is 2.71 bits per heavy atom. The first-order valence-corrected chi connectivity index (χ1v) is 5.47. The van der Waals surface area contributed by atoms with Gasteiger partial charge in [0.2, 0.25) is 5.91 Å². The molecule has 0 radical (unpaired) electrons. The molecule has 0 aliphatic rings. The van der Waals surface area contributed by atoms with E-state index in [1.807, 2.05) is 31.2 Å². The quantitative estimate of drug-likeness (QED) is 0.657. The molecule has 0 aromatic heterocycles. The second-order valence-electron chi connectivity index (χ2n) is 3.88. The van der Waals surface area contributed by atoms with Gasteiger partial charge in [-0.25, -0.2) is 0 Å². The van der Waals surface area contributed by atoms with Crippen molar-refractivity contribution in [2.45, 2.75) is 19.0 Å². The van der Waals surface area contributed by atoms with Gasteiger partial charge < -0.3 is 21.5 Å². The number of hydrogen-bond donors (Lipinski definition) is 3. The van der Waals surface area contributed by atoms with E-state index < -0.39 is 11.9 Å². The number of methoxy groups -OCH3 is 1. The molecule has 5 nitrogen and oxygen atoms in total. The Kier molecular flexibility index (Phi) is 4.93. The average Bonchev–Trinajstić information content (AvgIpc) is 2.35. The maximum atomic E-state index is 10.8. The summed E-state index contributed by atoms with van der Waals surface area (Å²) >= 11 is 0. The van der Waals surface area contributed by atoms with Crippen molar-refractivity contribution >= 4 is 5.91 Å². The Hall–Kier alpha value is -1.59. The fourth-order valence-electron chi connectivity index (χ4n) is 1.54. The lowest BCUT2D eigenvalue weighted by atomic mass is 10.1. The normalized spacial score (nSPS) is 14.1. The summed E-state index contributed by atoms with van der Waals surface area (Å²) in [7, 11) is 1.63. The minimum absolute atomic E-state index is 0.0385. The molecule has 1 aromatic rings. The molecule has 5 heteroatoms. The van der Waals surface area contributed by atoms with E-state index in [0.717, 1.165) is 11.3 Å². The Bertz CT molecular complexity index is 382. The van der Waals surface area contributed by atoms with Crippen molar-refractivity contribution in [3.63, 3.8) is 0 Å². The van der Waals surface area contributed by atoms with Gasteiger partial charge in [0.05, 0.1) is 13.2 Å². The number of carbonyl (C=O) groups is 1. The van der Waals surface area contributed by atoms with Gasteiger partial charge in [-0.05, 0) is 13.0 Å². The van der Waals surface area contributed by atoms with Crippen LogP contribution in [-0.2, 0) is 4.79 Å². The van der Waals surface area contributed by atoms with E-state index in [4.69, 9.17) is 16.2 Å². The van der Waals surface area contributed by atoms with E-state index in [2.05, 4.69) is 5.32 Å². The molecular weight excluding hydrogens is 218 g/mol. The summed E-state index contributed by atoms with van der Waals surface area (Å²) in [6, 6.07) is 7.06. The van der Waals surface area contributed by atoms with Gasteiger partial charge in [0, 0.05) is 18.2 Å². The van der Waals surface area contributed by atoms with Crippen molar-refractivity contribution in [1.82, 2.24) is 5.32 Å². The second-order valence-corrected chi connectivity index (χ2v) is 3.88. The maximum Gasteiger partial charge on any atom is 0.235 e. The van der Waals surface area contributed by atoms with Gasteiger partial charge in [-0.15, -0.1) is 0 Å². The number of carbonyl (C=O) groups excluding carboxylic acids is 1. The number of nitrogens with two attached hydrogens (primary N) is 2. The Morgan fingerprint density at radius 2 is 2.12 bits per heavy atom. The van der Waals surface area contributed by atoms with E-state index >= 15 is 0 Å². The summed E-state index contributed by atoms with van der Waals surface area (Å²) in [5.41, 5.74) is 11.7. The first-order chi connectivity index (χ1) is 8.06. The van der Waals surface area contributed by atoms with Crippen LogP contribution in [0.1, 0.15) is 18.5 Å². The molecule has 0 fully saturated rings. The van der Waals surface area contributed by atoms with Crippen molar-refractivity contribution in [1.29, 1.82) is 0 Å². The summed E-state index contributed by atoms with van der Waals surface area (Å²) in [5.74, 6) is 0.296. The first kappa shape index (κ1) is 13.5. The monoisotopic (exact) mass is 237 g/mol. The van der Waals surface area contributed by atoms with Crippen molar-refractivity contribution in [3.8, 4) is 5.75 Å². The minimum Gasteiger partial charge on any atom is -0.496 e. The van der Waals surface area contributed by atoms with Gasteiger partial charge in [0.1, 0.15) is 5.75 Å². The number of amides is 1. The predicted octanol–water partition coefficient (Wildman–Crippen LogP) is 0.158. The lowest BCUT2D eigenvalue weighted by Crippen LogP contribution is -2.44. The highest BCUT2D eigenvalue weighted by molar-refractivity contribution is 5.79. The van der Waals surface area contributed by atoms with E-state index in [0.29, 0.717) is 6.54 Å². The van der Waals surface area contributed by atoms with Gasteiger partial charge in [0.15, 0.2) is 0 Å². The van der Waals surface area contributed by atoms with Crippen LogP contribution >= 0.6 is 0 Å². The van der Waals surface area contributed by atoms with Gasteiger partial charge in [-0.2, -0.15) is 0 Å². The molecule has 0 aliphatic carbocycles. The van der Waals surface area contributed by atoms with Crippen molar-refractivity contribution in [2.24, 2.45) is 11.5 Å². The molecule has 0 saturated heterocycles. The standard InChI is InChI=1S/C12H19N3O2/c1-8(15-7-10(13)12(14)16)9-5-3-4-6-11(9)17-2/h3-6,8,10,15H,7,13H2,1-2H3,(H2,14,16)/t8-,10?/m1/s1. The lowest BCUT2D eigenvalue weighted by molar-refractivity contribution is -0.119. The third-order valence-corrected chi connectivity index (χ3v) is 2.61. The van der Waals surface area contributed by atoms with E-state index in [1.165, 1.54) is 0 Å². The fourth-order valence-corrected chi connectivity index (χ4v) is 1.54. The van der Waals surface area contributed by atoms with Crippen molar-refractivity contribution < 1.29 is 9.53 Å². The van der Waals surface area contributed by atoms with Crippen LogP contribution in [0.2, 0.25) is 0 Å². The number of ether oxygens (including phenoxy) is 1. The molecule has 0 heterocycles. The van der Waals surface area contributed by atoms with Crippen LogP contribution in [0.25, 0.3) is 0 Å². The zero-order valence-electron chi connectivity index (χ0n) is 10.1. The molecule has 1 rings (SSSR count). The number of hydrogen-bond acceptors (Lipinski definition) is 4. The average molecular weight is 237 g/mol. The highest BCUT2D eigenvalue weighted by atomic mass is 16.5. The number of nitrogens with one attached hydrogen (secondary N) is 1. The van der Waals surface area contributed by atoms with Crippen molar-refractivity contribution in [2.75, 3.05) is 13.7 Å². The zero-order valence-corrected chi connectivity index (χ0v) is 10.1. The van der Waals surface area contributed by atoms with Gasteiger partial charge in [-0.3, -0.25) is 4.79 Å². The molecule has 1 amide bonds. The molecule has 1 aromatic carbocycles. The first-order valence-electron chi connectivity index (χ1n) is 5.47. The zero-order chi connectivity index (χ0) is 12.8. The third kappa shape index (κ3) is 3.72. The number of para-hydroxylation sites is 1. The van der Waals surface area contributed by atoms with Crippen LogP contribution in [0.15, 0.2) is 24.3 Å². The van der Waals surface area contributed by atoms with Gasteiger partial charge in [-0.1, -0.05) is 18.2 Å². The van der Waals surface area contributed by atoms with E-state index in [-0.39, 0.29) is 6.04 Å². The summed E-state index contributed by atoms with van der Waals surface area (Å²) in [5, 5.41) is 3.15. The summed E-state index contributed by atoms with van der Waals surface area (Å²) in [4.78, 5) is 10.8. The highest BCUT2D eigenvalue weighted by Crippen LogP contribution is 2.23. The summed E-state index contributed by atoms with van der Waals surface area (Å²) < 4.78 is 5.26. The molecule has 5 N–H and O–H groups in total. The van der Waals surface area contributed by atoms with Gasteiger partial charge in [0.25, 0.3) is 0 Å². The molecular formula is C12H19N3O2. The number of rotatable bonds is 6. The molecule has 1 unspecified atom stereocenters. The molecule has 2 atom stereocenters. The van der Waals surface area contributed by atoms with Crippen LogP contribution < -0.4 is 21.5 Å². The topological polar surface area (TPSA) is 90.4 Å². The summed E-state index contributed by atoms with van der Waals surface area (Å²) in [6.07, 6.45) is 0. The number of benzene rings is 1. The number of primary amides is 1. The van der Waals surface area contributed by atoms with Crippen molar-refractivity contribution in [3.05, 3.63) is 29.8 Å². The fraction of sp³-hybridized carbons (Fsp3) is 0.417. The molecule has 17 heavy (non-hydrogen) atoms. The van der Waals surface area contributed by atoms with Gasteiger partial charge >= 0.3 is 0 Å². The highest BCUT2D eigenvalue weighted by Gasteiger charge is 2.13. The molecule has 0 saturated carbocycles. The maximum absolute atomic E-state index is 10.8. The molecule has 0 aliphatic heterocycles. The molecule has 0 spiro atoms. The predicted molar refractivity (Wildman–Crippen MR) is 66.6 cm³/mol. The SMILES string of the molecule is COc1ccccc1[C@@H](C)NCC(N)C(N)=O. The Balaban J connectivity index is 2.63. The minimum atomic E-state index is -0.674. The smallest absolute Gasteiger partial charge is 0.235 e. The van der Waals surface area contributed by atoms with Crippen LogP contribution in [0, 0.1) is 0 Å². The third-order valence-electron chi connectivity index (χ3n) is 2.61. The summed E-state index contributed by atoms with van der Waals surface area (Å²) in [6.45, 7) is 2.32. The molecule has 94 valence electrons. The lowest BCUT2D eigenvalue weighted by Gasteiger charge is -2.18. The van der Waals surface area contributed by atoms with Crippen LogP contribution in [-0.4, -0.2) is 25.6 Å². The van der Waals surface area contributed by atoms with Crippen LogP contribution in [0.4, 0.5) is 0 Å². The van der Waals surface area contributed by atoms with Crippen LogP contribution in [0.3, 0.4) is 0 Å². The molecule has 0 bridgehead atoms. The van der Waals surface area contributed by atoms with Crippen LogP contribution in [0.5, 0.6) is 5.75 Å². The Labute approximate surface area is 101 Å². The van der Waals surface area contributed by atoms with E-state index in [9.17, 15) is 4.79 Å². The van der Waals surface area contributed by atoms with E-state index in [1.54, 1.807) is 7.11 Å². The second kappa shape index (κ2) is 6.22.